The molecular formula is C32H37B2ClN7O4. The fraction of sp³-hybridized carbons (Fsp3) is 0.406. The molecule has 0 bridgehead atoms. The normalized spacial score (nSPS) is 19.5. The van der Waals surface area contributed by atoms with E-state index in [0.29, 0.717) is 53.8 Å². The third kappa shape index (κ3) is 5.93. The third-order valence-electron chi connectivity index (χ3n) is 9.14. The molecule has 3 aromatic rings. The second-order valence-electron chi connectivity index (χ2n) is 12.5. The average Bonchev–Trinajstić information content (AvgIpc) is 3.68. The number of carbonyl (C=O) groups excluding carboxylic acids is 2. The van der Waals surface area contributed by atoms with E-state index >= 15 is 0 Å². The number of ether oxygens (including phenoxy) is 1. The first-order valence-corrected chi connectivity index (χ1v) is 15.3. The van der Waals surface area contributed by atoms with E-state index in [9.17, 15) is 19.9 Å². The van der Waals surface area contributed by atoms with Gasteiger partial charge < -0.3 is 34.4 Å². The van der Waals surface area contributed by atoms with Gasteiger partial charge in [0, 0.05) is 48.5 Å². The maximum absolute atomic E-state index is 13.7. The molecule has 2 atom stereocenters. The molecule has 2 aromatic carbocycles. The Bertz CT molecular complexity index is 1720. The van der Waals surface area contributed by atoms with E-state index in [1.807, 2.05) is 20.6 Å². The summed E-state index contributed by atoms with van der Waals surface area (Å²) in [5.41, 5.74) is 4.03. The number of nitrogens with one attached hydrogen (secondary N) is 1. The first kappa shape index (κ1) is 33.3. The molecule has 2 saturated heterocycles. The van der Waals surface area contributed by atoms with Crippen molar-refractivity contribution < 1.29 is 19.3 Å². The molecule has 3 aliphatic heterocycles. The molecule has 0 saturated carbocycles. The Kier molecular flexibility index (Phi) is 9.36. The van der Waals surface area contributed by atoms with Crippen LogP contribution in [0.5, 0.6) is 5.75 Å². The largest absolute Gasteiger partial charge is 0.495 e. The molecule has 6 rings (SSSR count). The fourth-order valence-electron chi connectivity index (χ4n) is 6.87. The lowest BCUT2D eigenvalue weighted by Gasteiger charge is -2.26. The van der Waals surface area contributed by atoms with E-state index in [0.717, 1.165) is 36.0 Å². The van der Waals surface area contributed by atoms with Crippen molar-refractivity contribution in [3.05, 3.63) is 58.2 Å². The van der Waals surface area contributed by atoms with Gasteiger partial charge in [-0.1, -0.05) is 32.9 Å². The number of nitrogens with zero attached hydrogens (tertiary/aromatic N) is 6. The van der Waals surface area contributed by atoms with Crippen molar-refractivity contribution in [1.82, 2.24) is 19.7 Å². The lowest BCUT2D eigenvalue weighted by Crippen LogP contribution is -2.42. The van der Waals surface area contributed by atoms with Gasteiger partial charge in [0.15, 0.2) is 0 Å². The van der Waals surface area contributed by atoms with Crippen LogP contribution in [0.2, 0.25) is 11.8 Å². The second kappa shape index (κ2) is 12.9. The molecule has 2 fully saturated rings. The second-order valence-corrected chi connectivity index (χ2v) is 12.9. The van der Waals surface area contributed by atoms with Gasteiger partial charge in [0.05, 0.1) is 34.6 Å². The van der Waals surface area contributed by atoms with Gasteiger partial charge in [-0.15, -0.1) is 0 Å². The SMILES string of the molecule is C.COc1cc(C(=O)N2CCC3CN(B(C)O)CC32)c(Cl)cc1Nc1nccc(-c2cc(C#N)c3c(c2)C(C)(C)CN3[B]C=O)n1. The molecule has 2 unspecified atom stereocenters. The van der Waals surface area contributed by atoms with Crippen LogP contribution >= 0.6 is 11.6 Å². The summed E-state index contributed by atoms with van der Waals surface area (Å²) >= 11 is 6.70. The minimum atomic E-state index is -0.553. The molecule has 46 heavy (non-hydrogen) atoms. The molecule has 2 N–H and O–H groups in total. The van der Waals surface area contributed by atoms with Crippen LogP contribution < -0.4 is 14.9 Å². The molecule has 3 aliphatic rings. The number of hydrogen-bond donors (Lipinski definition) is 2. The predicted octanol–water partition coefficient (Wildman–Crippen LogP) is 4.22. The number of halogens is 1. The Morgan fingerprint density at radius 3 is 2.78 bits per heavy atom. The summed E-state index contributed by atoms with van der Waals surface area (Å²) in [5, 5.41) is 23.5. The number of nitriles is 1. The van der Waals surface area contributed by atoms with Crippen LogP contribution in [-0.2, 0) is 10.2 Å². The van der Waals surface area contributed by atoms with Gasteiger partial charge in [-0.2, -0.15) is 5.26 Å². The summed E-state index contributed by atoms with van der Waals surface area (Å²) in [6.45, 7) is 8.52. The molecule has 11 nitrogen and oxygen atoms in total. The summed E-state index contributed by atoms with van der Waals surface area (Å²) in [4.78, 5) is 39.7. The summed E-state index contributed by atoms with van der Waals surface area (Å²) in [5.74, 6) is 0.841. The van der Waals surface area contributed by atoms with Crippen molar-refractivity contribution in [2.24, 2.45) is 5.92 Å². The first-order chi connectivity index (χ1) is 21.5. The van der Waals surface area contributed by atoms with Gasteiger partial charge >= 0.3 is 14.5 Å². The lowest BCUT2D eigenvalue weighted by molar-refractivity contribution is 0.0731. The fourth-order valence-corrected chi connectivity index (χ4v) is 7.12. The van der Waals surface area contributed by atoms with Crippen molar-refractivity contribution >= 4 is 55.5 Å². The molecule has 4 heterocycles. The van der Waals surface area contributed by atoms with Gasteiger partial charge in [-0.05, 0) is 61.6 Å². The number of methoxy groups -OCH3 is 1. The zero-order valence-electron chi connectivity index (χ0n) is 25.6. The number of likely N-dealkylation sites (tertiary alicyclic amines) is 1. The van der Waals surface area contributed by atoms with Gasteiger partial charge in [0.1, 0.15) is 18.0 Å². The van der Waals surface area contributed by atoms with E-state index in [4.69, 9.17) is 21.3 Å². The van der Waals surface area contributed by atoms with Crippen LogP contribution in [-0.4, -0.2) is 90.6 Å². The minimum absolute atomic E-state index is 0. The molecule has 14 heteroatoms. The van der Waals surface area contributed by atoms with E-state index in [1.165, 1.54) is 14.5 Å². The summed E-state index contributed by atoms with van der Waals surface area (Å²) < 4.78 is 5.65. The summed E-state index contributed by atoms with van der Waals surface area (Å²) in [6, 6.07) is 11.1. The number of benzene rings is 2. The van der Waals surface area contributed by atoms with E-state index in [-0.39, 0.29) is 35.8 Å². The maximum Gasteiger partial charge on any atom is 0.376 e. The first-order valence-electron chi connectivity index (χ1n) is 14.9. The smallest absolute Gasteiger partial charge is 0.376 e. The van der Waals surface area contributed by atoms with Crippen molar-refractivity contribution in [1.29, 1.82) is 5.26 Å². The van der Waals surface area contributed by atoms with Crippen LogP contribution in [0.15, 0.2) is 36.5 Å². The zero-order chi connectivity index (χ0) is 32.0. The Balaban J connectivity index is 0.00000417. The number of hydrogen-bond acceptors (Lipinski definition) is 10. The Morgan fingerprint density at radius 1 is 1.30 bits per heavy atom. The average molecular weight is 641 g/mol. The van der Waals surface area contributed by atoms with Gasteiger partial charge in [0.2, 0.25) is 5.95 Å². The summed E-state index contributed by atoms with van der Waals surface area (Å²) in [7, 11) is 2.42. The van der Waals surface area contributed by atoms with Gasteiger partial charge in [0.25, 0.3) is 5.91 Å². The van der Waals surface area contributed by atoms with E-state index in [1.54, 1.807) is 37.3 Å². The quantitative estimate of drug-likeness (QED) is 0.272. The zero-order valence-corrected chi connectivity index (χ0v) is 26.4. The van der Waals surface area contributed by atoms with Crippen molar-refractivity contribution in [3.8, 4) is 23.1 Å². The van der Waals surface area contributed by atoms with Crippen LogP contribution in [0.25, 0.3) is 11.3 Å². The molecule has 0 spiro atoms. The van der Waals surface area contributed by atoms with Crippen LogP contribution in [0.3, 0.4) is 0 Å². The number of anilines is 3. The number of aromatic nitrogens is 2. The third-order valence-corrected chi connectivity index (χ3v) is 9.45. The van der Waals surface area contributed by atoms with Crippen molar-refractivity contribution in [2.45, 2.75) is 46.0 Å². The van der Waals surface area contributed by atoms with Gasteiger partial charge in [-0.3, -0.25) is 4.79 Å². The Labute approximate surface area is 275 Å². The highest BCUT2D eigenvalue weighted by Crippen LogP contribution is 2.44. The Hall–Kier alpha value is -4.11. The molecule has 1 radical (unpaired) electrons. The Morgan fingerprint density at radius 2 is 2.09 bits per heavy atom. The molecule has 1 aromatic heterocycles. The van der Waals surface area contributed by atoms with E-state index < -0.39 is 7.05 Å². The molecule has 1 amide bonds. The lowest BCUT2D eigenvalue weighted by atomic mass is 9.84. The van der Waals surface area contributed by atoms with Crippen LogP contribution in [0.4, 0.5) is 17.3 Å². The standard InChI is InChI=1S/C31H33B2ClN7O4.CH4/c1-31(2)16-41(32-17-42)28-20(13-35)9-19(10-22(28)31)24-5-7-36-30(37-24)38-25-12-23(34)21(11-27(25)45-4)29(43)40-8-6-18-14-39(33(3)44)15-26(18)40;/h5,7,9-12,17-18,26,44H,6,8,14-16H2,1-4H3,(H,36,37,38);1H4. The summed E-state index contributed by atoms with van der Waals surface area (Å²) in [6.07, 6.45) is 3.24. The maximum atomic E-state index is 13.7. The number of fused-ring (bicyclic) bond motifs is 2. The van der Waals surface area contributed by atoms with Crippen molar-refractivity contribution in [2.75, 3.05) is 43.4 Å². The highest BCUT2D eigenvalue weighted by Gasteiger charge is 2.45. The highest BCUT2D eigenvalue weighted by atomic mass is 35.5. The minimum Gasteiger partial charge on any atom is -0.495 e. The molecule has 0 aliphatic carbocycles. The monoisotopic (exact) mass is 640 g/mol. The van der Waals surface area contributed by atoms with Gasteiger partial charge in [-0.25, -0.2) is 9.97 Å². The number of amides is 1. The highest BCUT2D eigenvalue weighted by molar-refractivity contribution is 6.70. The number of rotatable bonds is 8. The van der Waals surface area contributed by atoms with Crippen LogP contribution in [0, 0.1) is 17.2 Å². The van der Waals surface area contributed by atoms with Crippen LogP contribution in [0.1, 0.15) is 49.2 Å². The molecular weight excluding hydrogens is 603 g/mol. The number of carbonyl (C=O) groups is 2. The topological polar surface area (TPSA) is 135 Å². The van der Waals surface area contributed by atoms with E-state index in [2.05, 4.69) is 30.2 Å². The molecule has 237 valence electrons. The van der Waals surface area contributed by atoms with Crippen molar-refractivity contribution in [3.63, 3.8) is 0 Å². The predicted molar refractivity (Wildman–Crippen MR) is 181 cm³/mol.